The predicted octanol–water partition coefficient (Wildman–Crippen LogP) is 3.67. The number of rotatable bonds is 3. The molecule has 5 nitrogen and oxygen atoms in total. The Morgan fingerprint density at radius 3 is 2.66 bits per heavy atom. The second-order valence-corrected chi connectivity index (χ2v) is 9.62. The molecule has 0 N–H and O–H groups in total. The lowest BCUT2D eigenvalue weighted by Gasteiger charge is -2.37. The highest BCUT2D eigenvalue weighted by Gasteiger charge is 2.53. The van der Waals surface area contributed by atoms with E-state index in [1.807, 2.05) is 0 Å². The zero-order valence-electron chi connectivity index (χ0n) is 16.0. The highest BCUT2D eigenvalue weighted by Crippen LogP contribution is 2.47. The quantitative estimate of drug-likeness (QED) is 0.641. The highest BCUT2D eigenvalue weighted by atomic mass is 79.9. The van der Waals surface area contributed by atoms with Crippen molar-refractivity contribution in [2.45, 2.75) is 55.2 Å². The molecule has 0 spiro atoms. The minimum atomic E-state index is -0.550. The lowest BCUT2D eigenvalue weighted by atomic mass is 9.77. The predicted molar refractivity (Wildman–Crippen MR) is 107 cm³/mol. The standard InChI is InChI=1S/C22H23BrFNO4/c23-13-5-8-17-16(10-13)20(26)18-19(12-3-6-14(24)7-4-12)25(22(27)21(18)29-17)11-15-2-1-9-28-15/h3-4,6-7,13,15-17,19H,1-2,5,8-11H2. The smallest absolute Gasteiger partial charge is 0.290 e. The average Bonchev–Trinajstić information content (AvgIpc) is 3.32. The summed E-state index contributed by atoms with van der Waals surface area (Å²) < 4.78 is 25.4. The van der Waals surface area contributed by atoms with Crippen molar-refractivity contribution in [3.63, 3.8) is 0 Å². The van der Waals surface area contributed by atoms with Gasteiger partial charge < -0.3 is 14.4 Å². The Morgan fingerprint density at radius 1 is 1.14 bits per heavy atom. The number of benzene rings is 1. The van der Waals surface area contributed by atoms with E-state index in [0.29, 0.717) is 25.1 Å². The number of Topliss-reactive ketones (excluding diaryl/α,β-unsaturated/α-hetero) is 1. The van der Waals surface area contributed by atoms with Crippen LogP contribution in [0, 0.1) is 11.7 Å². The Bertz CT molecular complexity index is 864. The number of ether oxygens (including phenoxy) is 2. The van der Waals surface area contributed by atoms with E-state index < -0.39 is 6.04 Å². The number of ketones is 1. The van der Waals surface area contributed by atoms with Gasteiger partial charge in [-0.3, -0.25) is 9.59 Å². The molecule has 7 heteroatoms. The molecule has 5 unspecified atom stereocenters. The summed E-state index contributed by atoms with van der Waals surface area (Å²) in [7, 11) is 0. The van der Waals surface area contributed by atoms with E-state index in [9.17, 15) is 14.0 Å². The SMILES string of the molecule is O=C1C2=C(OC3CCC(Br)CC13)C(=O)N(CC1CCCO1)C2c1ccc(F)cc1. The molecule has 5 rings (SSSR count). The van der Waals surface area contributed by atoms with Gasteiger partial charge in [-0.15, -0.1) is 0 Å². The fraction of sp³-hybridized carbons (Fsp3) is 0.545. The van der Waals surface area contributed by atoms with Crippen LogP contribution >= 0.6 is 15.9 Å². The maximum absolute atomic E-state index is 13.5. The molecule has 154 valence electrons. The van der Waals surface area contributed by atoms with Crippen LogP contribution in [0.2, 0.25) is 0 Å². The van der Waals surface area contributed by atoms with E-state index in [0.717, 1.165) is 31.2 Å². The van der Waals surface area contributed by atoms with Crippen LogP contribution in [0.3, 0.4) is 0 Å². The van der Waals surface area contributed by atoms with Crippen molar-refractivity contribution in [2.75, 3.05) is 13.2 Å². The lowest BCUT2D eigenvalue weighted by molar-refractivity contribution is -0.136. The number of hydrogen-bond acceptors (Lipinski definition) is 4. The molecular formula is C22H23BrFNO4. The molecule has 4 aliphatic rings. The molecule has 1 saturated carbocycles. The van der Waals surface area contributed by atoms with Crippen molar-refractivity contribution < 1.29 is 23.5 Å². The van der Waals surface area contributed by atoms with Crippen LogP contribution in [0.15, 0.2) is 35.6 Å². The third-order valence-corrected chi connectivity index (χ3v) is 7.32. The Balaban J connectivity index is 1.54. The molecular weight excluding hydrogens is 441 g/mol. The minimum absolute atomic E-state index is 0.00193. The highest BCUT2D eigenvalue weighted by molar-refractivity contribution is 9.09. The van der Waals surface area contributed by atoms with Crippen LogP contribution < -0.4 is 0 Å². The van der Waals surface area contributed by atoms with Crippen LogP contribution in [0.25, 0.3) is 0 Å². The second kappa shape index (κ2) is 7.51. The van der Waals surface area contributed by atoms with Crippen molar-refractivity contribution in [1.29, 1.82) is 0 Å². The fourth-order valence-corrected chi connectivity index (χ4v) is 5.72. The van der Waals surface area contributed by atoms with Gasteiger partial charge >= 0.3 is 0 Å². The van der Waals surface area contributed by atoms with E-state index in [4.69, 9.17) is 9.47 Å². The fourth-order valence-electron chi connectivity index (χ4n) is 5.05. The largest absolute Gasteiger partial charge is 0.483 e. The lowest BCUT2D eigenvalue weighted by Crippen LogP contribution is -2.41. The molecule has 1 aromatic carbocycles. The second-order valence-electron chi connectivity index (χ2n) is 8.33. The first kappa shape index (κ1) is 19.2. The van der Waals surface area contributed by atoms with E-state index in [1.165, 1.54) is 12.1 Å². The topological polar surface area (TPSA) is 55.8 Å². The van der Waals surface area contributed by atoms with Crippen LogP contribution in [-0.2, 0) is 19.1 Å². The van der Waals surface area contributed by atoms with Gasteiger partial charge in [-0.25, -0.2) is 4.39 Å². The normalized spacial score (nSPS) is 34.3. The van der Waals surface area contributed by atoms with Crippen LogP contribution in [0.4, 0.5) is 4.39 Å². The van der Waals surface area contributed by atoms with Crippen molar-refractivity contribution in [1.82, 2.24) is 4.90 Å². The Labute approximate surface area is 177 Å². The molecule has 3 heterocycles. The van der Waals surface area contributed by atoms with Gasteiger partial charge in [-0.05, 0) is 49.8 Å². The van der Waals surface area contributed by atoms with Crippen molar-refractivity contribution >= 4 is 27.6 Å². The first-order valence-corrected chi connectivity index (χ1v) is 11.2. The summed E-state index contributed by atoms with van der Waals surface area (Å²) in [5.74, 6) is -0.656. The molecule has 0 bridgehead atoms. The van der Waals surface area contributed by atoms with E-state index >= 15 is 0 Å². The average molecular weight is 464 g/mol. The first-order chi connectivity index (χ1) is 14.0. The van der Waals surface area contributed by atoms with E-state index in [-0.39, 0.29) is 46.2 Å². The van der Waals surface area contributed by atoms with Gasteiger partial charge in [0.25, 0.3) is 5.91 Å². The molecule has 3 aliphatic heterocycles. The van der Waals surface area contributed by atoms with Crippen molar-refractivity contribution in [3.05, 3.63) is 47.0 Å². The van der Waals surface area contributed by atoms with Gasteiger partial charge in [0.1, 0.15) is 11.9 Å². The third-order valence-electron chi connectivity index (χ3n) is 6.49. The summed E-state index contributed by atoms with van der Waals surface area (Å²) in [6.07, 6.45) is 3.94. The molecule has 1 aliphatic carbocycles. The summed E-state index contributed by atoms with van der Waals surface area (Å²) in [5, 5.41) is 0. The number of hydrogen-bond donors (Lipinski definition) is 0. The molecule has 2 fully saturated rings. The molecule has 1 amide bonds. The Morgan fingerprint density at radius 2 is 1.93 bits per heavy atom. The summed E-state index contributed by atoms with van der Waals surface area (Å²) in [6, 6.07) is 5.49. The van der Waals surface area contributed by atoms with E-state index in [1.54, 1.807) is 17.0 Å². The van der Waals surface area contributed by atoms with Crippen LogP contribution in [0.5, 0.6) is 0 Å². The van der Waals surface area contributed by atoms with Crippen LogP contribution in [0.1, 0.15) is 43.7 Å². The minimum Gasteiger partial charge on any atom is -0.483 e. The number of alkyl halides is 1. The summed E-state index contributed by atoms with van der Waals surface area (Å²) >= 11 is 3.64. The van der Waals surface area contributed by atoms with E-state index in [2.05, 4.69) is 15.9 Å². The number of fused-ring (bicyclic) bond motifs is 1. The molecule has 0 radical (unpaired) electrons. The van der Waals surface area contributed by atoms with Crippen molar-refractivity contribution in [3.8, 4) is 0 Å². The van der Waals surface area contributed by atoms with Gasteiger partial charge in [0.15, 0.2) is 11.5 Å². The maximum Gasteiger partial charge on any atom is 0.290 e. The van der Waals surface area contributed by atoms with Crippen LogP contribution in [-0.4, -0.2) is 46.8 Å². The van der Waals surface area contributed by atoms with Gasteiger partial charge in [0.05, 0.1) is 23.6 Å². The zero-order chi connectivity index (χ0) is 20.1. The number of halogens is 2. The number of carbonyl (C=O) groups is 2. The third kappa shape index (κ3) is 3.32. The molecule has 1 aromatic rings. The van der Waals surface area contributed by atoms with Gasteiger partial charge in [0, 0.05) is 18.0 Å². The number of carbonyl (C=O) groups excluding carboxylic acids is 2. The summed E-state index contributed by atoms with van der Waals surface area (Å²) in [6.45, 7) is 1.09. The monoisotopic (exact) mass is 463 g/mol. The Kier molecular flexibility index (Phi) is 4.98. The first-order valence-electron chi connectivity index (χ1n) is 10.3. The van der Waals surface area contributed by atoms with Gasteiger partial charge in [-0.2, -0.15) is 0 Å². The summed E-state index contributed by atoms with van der Waals surface area (Å²) in [5.41, 5.74) is 1.16. The summed E-state index contributed by atoms with van der Waals surface area (Å²) in [4.78, 5) is 28.8. The Hall–Kier alpha value is -1.73. The molecule has 5 atom stereocenters. The van der Waals surface area contributed by atoms with Crippen molar-refractivity contribution in [2.24, 2.45) is 5.92 Å². The molecule has 0 aromatic heterocycles. The van der Waals surface area contributed by atoms with Gasteiger partial charge in [-0.1, -0.05) is 28.1 Å². The molecule has 1 saturated heterocycles. The van der Waals surface area contributed by atoms with Gasteiger partial charge in [0.2, 0.25) is 0 Å². The maximum atomic E-state index is 13.5. The zero-order valence-corrected chi connectivity index (χ0v) is 17.6. The number of nitrogens with zero attached hydrogens (tertiary/aromatic N) is 1. The number of amides is 1. The molecule has 29 heavy (non-hydrogen) atoms.